The van der Waals surface area contributed by atoms with Crippen molar-refractivity contribution in [3.8, 4) is 0 Å². The van der Waals surface area contributed by atoms with Gasteiger partial charge in [0.25, 0.3) is 5.91 Å². The van der Waals surface area contributed by atoms with Crippen LogP contribution < -0.4 is 4.90 Å². The van der Waals surface area contributed by atoms with E-state index in [-0.39, 0.29) is 36.2 Å². The average molecular weight is 442 g/mol. The quantitative estimate of drug-likeness (QED) is 0.680. The van der Waals surface area contributed by atoms with Crippen LogP contribution in [0.3, 0.4) is 0 Å². The summed E-state index contributed by atoms with van der Waals surface area (Å²) >= 11 is 0. The Morgan fingerprint density at radius 1 is 0.839 bits per heavy atom. The first-order valence-electron chi connectivity index (χ1n) is 10.4. The number of amides is 2. The third-order valence-electron chi connectivity index (χ3n) is 6.16. The van der Waals surface area contributed by atoms with Gasteiger partial charge in [-0.15, -0.1) is 0 Å². The van der Waals surface area contributed by atoms with Crippen LogP contribution in [0.4, 0.5) is 5.69 Å². The highest BCUT2D eigenvalue weighted by Gasteiger charge is 2.44. The number of aryl methyl sites for hydroxylation is 3. The van der Waals surface area contributed by atoms with E-state index in [0.717, 1.165) is 16.7 Å². The number of rotatable bonds is 4. The van der Waals surface area contributed by atoms with Crippen molar-refractivity contribution in [1.29, 1.82) is 0 Å². The van der Waals surface area contributed by atoms with E-state index in [4.69, 9.17) is 0 Å². The minimum absolute atomic E-state index is 0.122. The fraction of sp³-hybridized carbons (Fsp3) is 0.391. The molecule has 0 spiro atoms. The second kappa shape index (κ2) is 8.18. The van der Waals surface area contributed by atoms with E-state index < -0.39 is 16.1 Å². The number of anilines is 1. The van der Waals surface area contributed by atoms with Crippen molar-refractivity contribution in [3.05, 3.63) is 59.2 Å². The molecular formula is C23H27N3O4S. The van der Waals surface area contributed by atoms with Gasteiger partial charge in [0.05, 0.1) is 23.0 Å². The second-order valence-corrected chi connectivity index (χ2v) is 10.2. The molecular weight excluding hydrogens is 414 g/mol. The summed E-state index contributed by atoms with van der Waals surface area (Å²) < 4.78 is 27.3. The summed E-state index contributed by atoms with van der Waals surface area (Å²) in [7, 11) is -3.57. The lowest BCUT2D eigenvalue weighted by Crippen LogP contribution is -2.53. The highest BCUT2D eigenvalue weighted by atomic mass is 32.2. The van der Waals surface area contributed by atoms with Gasteiger partial charge in [-0.1, -0.05) is 35.9 Å². The van der Waals surface area contributed by atoms with Gasteiger partial charge in [-0.25, -0.2) is 13.3 Å². The van der Waals surface area contributed by atoms with Gasteiger partial charge in [-0.2, -0.15) is 4.31 Å². The van der Waals surface area contributed by atoms with Gasteiger partial charge in [0.2, 0.25) is 15.9 Å². The zero-order chi connectivity index (χ0) is 22.3. The smallest absolute Gasteiger partial charge is 0.251 e. The first-order chi connectivity index (χ1) is 14.7. The zero-order valence-electron chi connectivity index (χ0n) is 18.0. The maximum atomic E-state index is 13.2. The second-order valence-electron chi connectivity index (χ2n) is 8.28. The topological polar surface area (TPSA) is 78.0 Å². The number of carbonyl (C=O) groups excluding carboxylic acids is 2. The van der Waals surface area contributed by atoms with Crippen molar-refractivity contribution in [2.24, 2.45) is 0 Å². The van der Waals surface area contributed by atoms with Crippen molar-refractivity contribution < 1.29 is 18.0 Å². The van der Waals surface area contributed by atoms with Crippen LogP contribution in [-0.2, 0) is 19.6 Å². The van der Waals surface area contributed by atoms with Crippen molar-refractivity contribution in [2.75, 3.05) is 31.1 Å². The molecule has 0 unspecified atom stereocenters. The Labute approximate surface area is 183 Å². The largest absolute Gasteiger partial charge is 0.289 e. The Bertz CT molecular complexity index is 1100. The highest BCUT2D eigenvalue weighted by molar-refractivity contribution is 7.89. The van der Waals surface area contributed by atoms with Crippen molar-refractivity contribution >= 4 is 27.5 Å². The van der Waals surface area contributed by atoms with Gasteiger partial charge in [-0.05, 0) is 44.0 Å². The zero-order valence-corrected chi connectivity index (χ0v) is 18.9. The van der Waals surface area contributed by atoms with Gasteiger partial charge in [0, 0.05) is 26.2 Å². The number of hydrogen-bond donors (Lipinski definition) is 0. The molecule has 4 rings (SSSR count). The number of carbonyl (C=O) groups is 2. The molecule has 8 heteroatoms. The lowest BCUT2D eigenvalue weighted by atomic mass is 10.1. The van der Waals surface area contributed by atoms with Gasteiger partial charge < -0.3 is 0 Å². The van der Waals surface area contributed by atoms with E-state index in [2.05, 4.69) is 0 Å². The Morgan fingerprint density at radius 3 is 2.00 bits per heavy atom. The molecule has 164 valence electrons. The first-order valence-corrected chi connectivity index (χ1v) is 11.9. The SMILES string of the molecule is Cc1ccc(S(=O)(=O)N2CCN([C@@H]3CC(=O)N(c4c(C)cccc4C)C3=O)CC2)cc1. The number of sulfonamides is 1. The van der Waals surface area contributed by atoms with E-state index in [0.29, 0.717) is 18.8 Å². The van der Waals surface area contributed by atoms with Gasteiger partial charge in [0.15, 0.2) is 0 Å². The van der Waals surface area contributed by atoms with Crippen LogP contribution in [0, 0.1) is 20.8 Å². The Balaban J connectivity index is 1.48. The molecule has 31 heavy (non-hydrogen) atoms. The fourth-order valence-corrected chi connectivity index (χ4v) is 5.83. The standard InChI is InChI=1S/C23H27N3O4S/c1-16-7-9-19(10-8-16)31(29,30)25-13-11-24(12-14-25)20-15-21(27)26(23(20)28)22-17(2)5-4-6-18(22)3/h4-10,20H,11-15H2,1-3H3/t20-/m1/s1. The van der Waals surface area contributed by atoms with E-state index >= 15 is 0 Å². The van der Waals surface area contributed by atoms with Gasteiger partial charge in [-0.3, -0.25) is 14.5 Å². The fourth-order valence-electron chi connectivity index (χ4n) is 4.41. The molecule has 0 bridgehead atoms. The minimum Gasteiger partial charge on any atom is -0.289 e. The van der Waals surface area contributed by atoms with Gasteiger partial charge in [0.1, 0.15) is 0 Å². The van der Waals surface area contributed by atoms with Crippen LogP contribution in [0.2, 0.25) is 0 Å². The van der Waals surface area contributed by atoms with Crippen LogP contribution in [0.1, 0.15) is 23.1 Å². The third kappa shape index (κ3) is 3.91. The van der Waals surface area contributed by atoms with E-state index in [1.165, 1.54) is 9.21 Å². The summed E-state index contributed by atoms with van der Waals surface area (Å²) in [6, 6.07) is 12.0. The number of nitrogens with zero attached hydrogens (tertiary/aromatic N) is 3. The Morgan fingerprint density at radius 2 is 1.42 bits per heavy atom. The van der Waals surface area contributed by atoms with Crippen LogP contribution in [-0.4, -0.2) is 61.7 Å². The highest BCUT2D eigenvalue weighted by Crippen LogP contribution is 2.31. The molecule has 0 N–H and O–H groups in total. The maximum absolute atomic E-state index is 13.2. The van der Waals surface area contributed by atoms with Crippen LogP contribution in [0.5, 0.6) is 0 Å². The molecule has 2 aliphatic rings. The number of para-hydroxylation sites is 1. The van der Waals surface area contributed by atoms with Crippen molar-refractivity contribution in [2.45, 2.75) is 38.1 Å². The molecule has 7 nitrogen and oxygen atoms in total. The third-order valence-corrected chi connectivity index (χ3v) is 8.07. The van der Waals surface area contributed by atoms with Gasteiger partial charge >= 0.3 is 0 Å². The average Bonchev–Trinajstić information content (AvgIpc) is 3.03. The summed E-state index contributed by atoms with van der Waals surface area (Å²) in [5.41, 5.74) is 3.44. The molecule has 1 atom stereocenters. The number of piperazine rings is 1. The van der Waals surface area contributed by atoms with Crippen LogP contribution in [0.25, 0.3) is 0 Å². The number of benzene rings is 2. The Hall–Kier alpha value is -2.55. The van der Waals surface area contributed by atoms with E-state index in [1.54, 1.807) is 24.3 Å². The molecule has 2 aromatic carbocycles. The first kappa shape index (κ1) is 21.7. The van der Waals surface area contributed by atoms with Crippen molar-refractivity contribution in [1.82, 2.24) is 9.21 Å². The predicted octanol–water partition coefficient (Wildman–Crippen LogP) is 2.25. The molecule has 2 saturated heterocycles. The van der Waals surface area contributed by atoms with Crippen molar-refractivity contribution in [3.63, 3.8) is 0 Å². The summed E-state index contributed by atoms with van der Waals surface area (Å²) in [4.78, 5) is 29.5. The number of hydrogen-bond acceptors (Lipinski definition) is 5. The predicted molar refractivity (Wildman–Crippen MR) is 118 cm³/mol. The Kier molecular flexibility index (Phi) is 5.72. The summed E-state index contributed by atoms with van der Waals surface area (Å²) in [6.07, 6.45) is 0.122. The molecule has 0 aliphatic carbocycles. The molecule has 0 aromatic heterocycles. The molecule has 0 saturated carbocycles. The van der Waals surface area contributed by atoms with Crippen LogP contribution in [0.15, 0.2) is 47.4 Å². The molecule has 0 radical (unpaired) electrons. The molecule has 2 fully saturated rings. The number of imide groups is 1. The monoisotopic (exact) mass is 441 g/mol. The lowest BCUT2D eigenvalue weighted by Gasteiger charge is -2.36. The normalized spacial score (nSPS) is 21.1. The van der Waals surface area contributed by atoms with E-state index in [9.17, 15) is 18.0 Å². The summed E-state index contributed by atoms with van der Waals surface area (Å²) in [5.74, 6) is -0.431. The molecule has 2 aliphatic heterocycles. The molecule has 2 heterocycles. The van der Waals surface area contributed by atoms with E-state index in [1.807, 2.05) is 43.9 Å². The molecule has 2 aromatic rings. The summed E-state index contributed by atoms with van der Waals surface area (Å²) in [6.45, 7) is 7.10. The van der Waals surface area contributed by atoms with Crippen LogP contribution >= 0.6 is 0 Å². The molecule has 2 amide bonds. The minimum atomic E-state index is -3.57. The maximum Gasteiger partial charge on any atom is 0.251 e. The lowest BCUT2D eigenvalue weighted by molar-refractivity contribution is -0.123. The summed E-state index contributed by atoms with van der Waals surface area (Å²) in [5, 5.41) is 0.